The molecular weight excluding hydrogens is 362 g/mol. The summed E-state index contributed by atoms with van der Waals surface area (Å²) in [4.78, 5) is 12.6. The Kier molecular flexibility index (Phi) is 4.76. The Labute approximate surface area is 168 Å². The highest BCUT2D eigenvalue weighted by Crippen LogP contribution is 2.29. The average molecular weight is 381 g/mol. The monoisotopic (exact) mass is 381 g/mol. The van der Waals surface area contributed by atoms with E-state index in [1.165, 1.54) is 7.11 Å². The number of nitrogens with one attached hydrogen (secondary N) is 1. The first-order chi connectivity index (χ1) is 14.1. The lowest BCUT2D eigenvalue weighted by molar-refractivity contribution is -0.112. The van der Waals surface area contributed by atoms with Gasteiger partial charge in [0.25, 0.3) is 5.91 Å². The number of methoxy groups -OCH3 is 1. The van der Waals surface area contributed by atoms with E-state index in [0.29, 0.717) is 11.4 Å². The van der Waals surface area contributed by atoms with Crippen molar-refractivity contribution < 1.29 is 9.53 Å². The van der Waals surface area contributed by atoms with Crippen LogP contribution in [-0.2, 0) is 11.8 Å². The Morgan fingerprint density at radius 3 is 2.55 bits per heavy atom. The number of nitrogens with zero attached hydrogens (tertiary/aromatic N) is 2. The van der Waals surface area contributed by atoms with Gasteiger partial charge in [0.2, 0.25) is 0 Å². The number of fused-ring (bicyclic) bond motifs is 3. The van der Waals surface area contributed by atoms with Crippen LogP contribution in [-0.4, -0.2) is 17.6 Å². The first kappa shape index (κ1) is 18.3. The zero-order valence-electron chi connectivity index (χ0n) is 16.1. The summed E-state index contributed by atoms with van der Waals surface area (Å²) in [5.74, 6) is 0.0605. The predicted molar refractivity (Wildman–Crippen MR) is 116 cm³/mol. The first-order valence-corrected chi connectivity index (χ1v) is 9.15. The second-order valence-corrected chi connectivity index (χ2v) is 6.68. The van der Waals surface area contributed by atoms with Crippen LogP contribution in [0.1, 0.15) is 5.56 Å². The van der Waals surface area contributed by atoms with Crippen molar-refractivity contribution >= 4 is 39.5 Å². The van der Waals surface area contributed by atoms with Gasteiger partial charge < -0.3 is 14.6 Å². The quantitative estimate of drug-likeness (QED) is 0.404. The first-order valence-electron chi connectivity index (χ1n) is 9.15. The molecule has 1 heterocycles. The molecule has 4 rings (SSSR count). The van der Waals surface area contributed by atoms with Crippen LogP contribution >= 0.6 is 0 Å². The summed E-state index contributed by atoms with van der Waals surface area (Å²) < 4.78 is 7.39. The fourth-order valence-corrected chi connectivity index (χ4v) is 3.53. The number of benzene rings is 3. The minimum absolute atomic E-state index is 0.0236. The van der Waals surface area contributed by atoms with Crippen molar-refractivity contribution in [1.82, 2.24) is 4.57 Å². The van der Waals surface area contributed by atoms with Crippen molar-refractivity contribution in [2.75, 3.05) is 12.4 Å². The van der Waals surface area contributed by atoms with Crippen molar-refractivity contribution in [1.29, 1.82) is 5.26 Å². The van der Waals surface area contributed by atoms with Gasteiger partial charge in [-0.2, -0.15) is 5.26 Å². The molecule has 0 aliphatic heterocycles. The number of ether oxygens (including phenoxy) is 1. The number of aryl methyl sites for hydroxylation is 1. The number of para-hydroxylation sites is 3. The van der Waals surface area contributed by atoms with Gasteiger partial charge >= 0.3 is 0 Å². The van der Waals surface area contributed by atoms with Crippen LogP contribution in [0.2, 0.25) is 0 Å². The normalized spacial score (nSPS) is 11.4. The summed E-state index contributed by atoms with van der Waals surface area (Å²) in [5, 5.41) is 14.5. The van der Waals surface area contributed by atoms with Gasteiger partial charge in [-0.1, -0.05) is 36.4 Å². The molecule has 0 radical (unpaired) electrons. The average Bonchev–Trinajstić information content (AvgIpc) is 3.04. The Bertz CT molecular complexity index is 1310. The van der Waals surface area contributed by atoms with Gasteiger partial charge in [0.1, 0.15) is 17.4 Å². The van der Waals surface area contributed by atoms with E-state index in [-0.39, 0.29) is 5.57 Å². The summed E-state index contributed by atoms with van der Waals surface area (Å²) in [6.07, 6.45) is 1.60. The second kappa shape index (κ2) is 7.53. The Balaban J connectivity index is 1.71. The number of carbonyl (C=O) groups is 1. The van der Waals surface area contributed by atoms with Crippen molar-refractivity contribution in [3.8, 4) is 11.8 Å². The Hall–Kier alpha value is -4.04. The molecule has 0 spiro atoms. The van der Waals surface area contributed by atoms with E-state index in [4.69, 9.17) is 4.74 Å². The van der Waals surface area contributed by atoms with E-state index in [2.05, 4.69) is 22.0 Å². The zero-order chi connectivity index (χ0) is 20.4. The van der Waals surface area contributed by atoms with Crippen LogP contribution < -0.4 is 10.1 Å². The van der Waals surface area contributed by atoms with Gasteiger partial charge in [-0.05, 0) is 42.0 Å². The third-order valence-electron chi connectivity index (χ3n) is 4.97. The van der Waals surface area contributed by atoms with Crippen LogP contribution in [0.3, 0.4) is 0 Å². The molecule has 3 aromatic carbocycles. The summed E-state index contributed by atoms with van der Waals surface area (Å²) in [5.41, 5.74) is 3.57. The minimum atomic E-state index is -0.477. The molecule has 0 aliphatic carbocycles. The third kappa shape index (κ3) is 3.32. The standard InChI is InChI=1S/C24H19N3O2/c1-27-21-9-5-3-7-18(21)19-14-16(11-12-22(19)27)13-17(15-25)24(28)26-20-8-4-6-10-23(20)29-2/h3-14H,1-2H3,(H,26,28). The highest BCUT2D eigenvalue weighted by atomic mass is 16.5. The maximum Gasteiger partial charge on any atom is 0.266 e. The van der Waals surface area contributed by atoms with Gasteiger partial charge in [0, 0.05) is 28.9 Å². The molecule has 4 aromatic rings. The highest BCUT2D eigenvalue weighted by molar-refractivity contribution is 6.11. The molecule has 1 amide bonds. The van der Waals surface area contributed by atoms with E-state index in [1.807, 2.05) is 49.5 Å². The van der Waals surface area contributed by atoms with E-state index in [1.54, 1.807) is 24.3 Å². The molecule has 0 fully saturated rings. The van der Waals surface area contributed by atoms with E-state index < -0.39 is 5.91 Å². The Morgan fingerprint density at radius 2 is 1.76 bits per heavy atom. The van der Waals surface area contributed by atoms with E-state index in [9.17, 15) is 10.1 Å². The lowest BCUT2D eigenvalue weighted by atomic mass is 10.1. The summed E-state index contributed by atoms with van der Waals surface area (Å²) in [6, 6.07) is 23.2. The zero-order valence-corrected chi connectivity index (χ0v) is 16.1. The predicted octanol–water partition coefficient (Wildman–Crippen LogP) is 4.89. The van der Waals surface area contributed by atoms with Gasteiger partial charge in [0.15, 0.2) is 0 Å². The number of hydrogen-bond donors (Lipinski definition) is 1. The fraction of sp³-hybridized carbons (Fsp3) is 0.0833. The molecule has 142 valence electrons. The number of rotatable bonds is 4. The van der Waals surface area contributed by atoms with Crippen LogP contribution in [0.4, 0.5) is 5.69 Å². The smallest absolute Gasteiger partial charge is 0.266 e. The minimum Gasteiger partial charge on any atom is -0.495 e. The van der Waals surface area contributed by atoms with Gasteiger partial charge in [0.05, 0.1) is 12.8 Å². The van der Waals surface area contributed by atoms with Crippen molar-refractivity contribution in [2.45, 2.75) is 0 Å². The highest BCUT2D eigenvalue weighted by Gasteiger charge is 2.13. The number of nitriles is 1. The summed E-state index contributed by atoms with van der Waals surface area (Å²) in [7, 11) is 3.56. The van der Waals surface area contributed by atoms with E-state index in [0.717, 1.165) is 27.4 Å². The molecule has 0 unspecified atom stereocenters. The summed E-state index contributed by atoms with van der Waals surface area (Å²) in [6.45, 7) is 0. The second-order valence-electron chi connectivity index (χ2n) is 6.68. The maximum absolute atomic E-state index is 12.6. The number of amides is 1. The molecule has 1 aromatic heterocycles. The van der Waals surface area contributed by atoms with Crippen LogP contribution in [0.25, 0.3) is 27.9 Å². The molecule has 0 aliphatic rings. The third-order valence-corrected chi connectivity index (χ3v) is 4.97. The number of aromatic nitrogens is 1. The molecule has 0 atom stereocenters. The topological polar surface area (TPSA) is 67.0 Å². The lowest BCUT2D eigenvalue weighted by Gasteiger charge is -2.09. The van der Waals surface area contributed by atoms with Crippen LogP contribution in [0.5, 0.6) is 5.75 Å². The van der Waals surface area contributed by atoms with E-state index >= 15 is 0 Å². The molecule has 0 saturated heterocycles. The molecule has 29 heavy (non-hydrogen) atoms. The molecular formula is C24H19N3O2. The lowest BCUT2D eigenvalue weighted by Crippen LogP contribution is -2.14. The van der Waals surface area contributed by atoms with Gasteiger partial charge in [-0.25, -0.2) is 0 Å². The molecule has 0 bridgehead atoms. The van der Waals surface area contributed by atoms with Gasteiger partial charge in [-0.3, -0.25) is 4.79 Å². The van der Waals surface area contributed by atoms with Crippen molar-refractivity contribution in [3.63, 3.8) is 0 Å². The maximum atomic E-state index is 12.6. The summed E-state index contributed by atoms with van der Waals surface area (Å²) >= 11 is 0. The molecule has 5 nitrogen and oxygen atoms in total. The Morgan fingerprint density at radius 1 is 1.03 bits per heavy atom. The molecule has 0 saturated carbocycles. The number of carbonyl (C=O) groups excluding carboxylic acids is 1. The fourth-order valence-electron chi connectivity index (χ4n) is 3.53. The van der Waals surface area contributed by atoms with Crippen molar-refractivity contribution in [3.05, 3.63) is 77.9 Å². The van der Waals surface area contributed by atoms with Gasteiger partial charge in [-0.15, -0.1) is 0 Å². The van der Waals surface area contributed by atoms with Crippen LogP contribution in [0.15, 0.2) is 72.3 Å². The van der Waals surface area contributed by atoms with Crippen LogP contribution in [0, 0.1) is 11.3 Å². The van der Waals surface area contributed by atoms with Crippen molar-refractivity contribution in [2.24, 2.45) is 7.05 Å². The largest absolute Gasteiger partial charge is 0.495 e. The molecule has 1 N–H and O–H groups in total. The number of anilines is 1. The molecule has 5 heteroatoms. The number of hydrogen-bond acceptors (Lipinski definition) is 3. The SMILES string of the molecule is COc1ccccc1NC(=O)C(C#N)=Cc1ccc2c(c1)c1ccccc1n2C.